The fourth-order valence-corrected chi connectivity index (χ4v) is 1.49. The number of aromatic nitrogens is 1. The van der Waals surface area contributed by atoms with Gasteiger partial charge in [0, 0.05) is 11.9 Å². The van der Waals surface area contributed by atoms with E-state index in [4.69, 9.17) is 0 Å². The van der Waals surface area contributed by atoms with E-state index in [0.717, 1.165) is 11.8 Å². The van der Waals surface area contributed by atoms with Crippen LogP contribution >= 0.6 is 0 Å². The first-order chi connectivity index (χ1) is 5.63. The molecule has 2 atom stereocenters. The molecule has 2 unspecified atom stereocenters. The smallest absolute Gasteiger partial charge is 0.0178 e. The fraction of sp³-hybridized carbons (Fsp3) is 0.636. The van der Waals surface area contributed by atoms with Crippen molar-refractivity contribution in [1.82, 2.24) is 4.98 Å². The standard InChI is InChI=1S/C11H19N/c1-8(2)9(3)10(4)11-6-5-7-12-11/h5-10,12H,1-4H3. The van der Waals surface area contributed by atoms with Gasteiger partial charge in [0.15, 0.2) is 0 Å². The summed E-state index contributed by atoms with van der Waals surface area (Å²) in [6.07, 6.45) is 2.00. The second-order valence-corrected chi connectivity index (χ2v) is 4.02. The molecule has 0 aliphatic carbocycles. The molecule has 12 heavy (non-hydrogen) atoms. The minimum absolute atomic E-state index is 0.639. The molecule has 1 nitrogen and oxygen atoms in total. The lowest BCUT2D eigenvalue weighted by atomic mass is 9.84. The highest BCUT2D eigenvalue weighted by Gasteiger charge is 2.17. The molecule has 1 heteroatoms. The molecule has 0 aromatic carbocycles. The van der Waals surface area contributed by atoms with Gasteiger partial charge in [-0.1, -0.05) is 27.7 Å². The van der Waals surface area contributed by atoms with Crippen molar-refractivity contribution in [2.45, 2.75) is 33.6 Å². The Hall–Kier alpha value is -0.720. The molecule has 1 heterocycles. The van der Waals surface area contributed by atoms with E-state index in [1.165, 1.54) is 5.69 Å². The van der Waals surface area contributed by atoms with Crippen molar-refractivity contribution < 1.29 is 0 Å². The Morgan fingerprint density at radius 3 is 2.25 bits per heavy atom. The number of H-pyrrole nitrogens is 1. The minimum Gasteiger partial charge on any atom is -0.365 e. The molecular weight excluding hydrogens is 146 g/mol. The third kappa shape index (κ3) is 1.90. The van der Waals surface area contributed by atoms with Crippen LogP contribution in [0.3, 0.4) is 0 Å². The Bertz CT molecular complexity index is 211. The molecule has 0 fully saturated rings. The monoisotopic (exact) mass is 165 g/mol. The van der Waals surface area contributed by atoms with Crippen LogP contribution in [0.15, 0.2) is 18.3 Å². The summed E-state index contributed by atoms with van der Waals surface area (Å²) >= 11 is 0. The Morgan fingerprint density at radius 2 is 1.83 bits per heavy atom. The lowest BCUT2D eigenvalue weighted by molar-refractivity contribution is 0.359. The Kier molecular flexibility index (Phi) is 2.96. The molecular formula is C11H19N. The molecule has 0 bridgehead atoms. The quantitative estimate of drug-likeness (QED) is 0.706. The van der Waals surface area contributed by atoms with Crippen molar-refractivity contribution in [1.29, 1.82) is 0 Å². The predicted molar refractivity (Wildman–Crippen MR) is 53.2 cm³/mol. The summed E-state index contributed by atoms with van der Waals surface area (Å²) < 4.78 is 0. The minimum atomic E-state index is 0.639. The van der Waals surface area contributed by atoms with Gasteiger partial charge in [-0.2, -0.15) is 0 Å². The van der Waals surface area contributed by atoms with Gasteiger partial charge in [0.25, 0.3) is 0 Å². The number of aromatic amines is 1. The summed E-state index contributed by atoms with van der Waals surface area (Å²) in [6.45, 7) is 9.17. The van der Waals surface area contributed by atoms with Crippen LogP contribution in [0.25, 0.3) is 0 Å². The third-order valence-electron chi connectivity index (χ3n) is 2.95. The molecule has 0 spiro atoms. The highest BCUT2D eigenvalue weighted by Crippen LogP contribution is 2.27. The zero-order chi connectivity index (χ0) is 9.14. The molecule has 0 radical (unpaired) electrons. The zero-order valence-electron chi connectivity index (χ0n) is 8.46. The predicted octanol–water partition coefficient (Wildman–Crippen LogP) is 3.41. The first-order valence-electron chi connectivity index (χ1n) is 4.76. The number of rotatable bonds is 3. The third-order valence-corrected chi connectivity index (χ3v) is 2.95. The largest absolute Gasteiger partial charge is 0.365 e. The highest BCUT2D eigenvalue weighted by molar-refractivity contribution is 5.09. The molecule has 1 N–H and O–H groups in total. The van der Waals surface area contributed by atoms with Crippen molar-refractivity contribution in [3.8, 4) is 0 Å². The second kappa shape index (κ2) is 3.79. The maximum absolute atomic E-state index is 3.27. The average molecular weight is 165 g/mol. The normalized spacial score (nSPS) is 16.4. The number of nitrogens with one attached hydrogen (secondary N) is 1. The van der Waals surface area contributed by atoms with Crippen LogP contribution in [0.5, 0.6) is 0 Å². The molecule has 0 aliphatic heterocycles. The molecule has 0 amide bonds. The van der Waals surface area contributed by atoms with Crippen LogP contribution in [0, 0.1) is 11.8 Å². The first kappa shape index (κ1) is 9.37. The summed E-state index contributed by atoms with van der Waals surface area (Å²) in [5.41, 5.74) is 1.36. The van der Waals surface area contributed by atoms with Crippen molar-refractivity contribution in [2.24, 2.45) is 11.8 Å². The van der Waals surface area contributed by atoms with Gasteiger partial charge in [0.1, 0.15) is 0 Å². The van der Waals surface area contributed by atoms with Crippen LogP contribution in [-0.2, 0) is 0 Å². The Labute approximate surface area is 75.2 Å². The van der Waals surface area contributed by atoms with E-state index < -0.39 is 0 Å². The van der Waals surface area contributed by atoms with Crippen LogP contribution in [0.2, 0.25) is 0 Å². The fourth-order valence-electron chi connectivity index (χ4n) is 1.49. The molecule has 0 saturated heterocycles. The van der Waals surface area contributed by atoms with Gasteiger partial charge >= 0.3 is 0 Å². The molecule has 0 aliphatic rings. The Balaban J connectivity index is 2.65. The van der Waals surface area contributed by atoms with Gasteiger partial charge in [-0.05, 0) is 29.9 Å². The van der Waals surface area contributed by atoms with Crippen LogP contribution in [0.1, 0.15) is 39.3 Å². The molecule has 1 aromatic heterocycles. The summed E-state index contributed by atoms with van der Waals surface area (Å²) in [5.74, 6) is 2.13. The highest BCUT2D eigenvalue weighted by atomic mass is 14.7. The SMILES string of the molecule is CC(C)C(C)C(C)c1ccc[nH]1. The van der Waals surface area contributed by atoms with Crippen molar-refractivity contribution in [2.75, 3.05) is 0 Å². The topological polar surface area (TPSA) is 15.8 Å². The van der Waals surface area contributed by atoms with Crippen molar-refractivity contribution >= 4 is 0 Å². The van der Waals surface area contributed by atoms with E-state index in [2.05, 4.69) is 44.8 Å². The zero-order valence-corrected chi connectivity index (χ0v) is 8.46. The summed E-state index contributed by atoms with van der Waals surface area (Å²) in [7, 11) is 0. The molecule has 1 rings (SSSR count). The second-order valence-electron chi connectivity index (χ2n) is 4.02. The van der Waals surface area contributed by atoms with Gasteiger partial charge in [-0.3, -0.25) is 0 Å². The lowest BCUT2D eigenvalue weighted by Gasteiger charge is -2.22. The van der Waals surface area contributed by atoms with Gasteiger partial charge in [0.2, 0.25) is 0 Å². The van der Waals surface area contributed by atoms with Crippen LogP contribution in [-0.4, -0.2) is 4.98 Å². The first-order valence-corrected chi connectivity index (χ1v) is 4.76. The number of hydrogen-bond acceptors (Lipinski definition) is 0. The van der Waals surface area contributed by atoms with E-state index in [1.54, 1.807) is 0 Å². The van der Waals surface area contributed by atoms with Gasteiger partial charge < -0.3 is 4.98 Å². The summed E-state index contributed by atoms with van der Waals surface area (Å²) in [5, 5.41) is 0. The van der Waals surface area contributed by atoms with E-state index in [-0.39, 0.29) is 0 Å². The lowest BCUT2D eigenvalue weighted by Crippen LogP contribution is -2.12. The van der Waals surface area contributed by atoms with E-state index in [1.807, 2.05) is 6.20 Å². The average Bonchev–Trinajstić information content (AvgIpc) is 2.53. The van der Waals surface area contributed by atoms with E-state index in [9.17, 15) is 0 Å². The van der Waals surface area contributed by atoms with Gasteiger partial charge in [-0.15, -0.1) is 0 Å². The maximum Gasteiger partial charge on any atom is 0.0178 e. The maximum atomic E-state index is 3.27. The van der Waals surface area contributed by atoms with Crippen molar-refractivity contribution in [3.05, 3.63) is 24.0 Å². The summed E-state index contributed by atoms with van der Waals surface area (Å²) in [6, 6.07) is 4.24. The van der Waals surface area contributed by atoms with Crippen LogP contribution in [0.4, 0.5) is 0 Å². The van der Waals surface area contributed by atoms with Crippen molar-refractivity contribution in [3.63, 3.8) is 0 Å². The number of hydrogen-bond donors (Lipinski definition) is 1. The van der Waals surface area contributed by atoms with Crippen LogP contribution < -0.4 is 0 Å². The van der Waals surface area contributed by atoms with E-state index in [0.29, 0.717) is 5.92 Å². The van der Waals surface area contributed by atoms with Gasteiger partial charge in [-0.25, -0.2) is 0 Å². The Morgan fingerprint density at radius 1 is 1.17 bits per heavy atom. The molecule has 1 aromatic rings. The van der Waals surface area contributed by atoms with Gasteiger partial charge in [0.05, 0.1) is 0 Å². The molecule has 0 saturated carbocycles. The van der Waals surface area contributed by atoms with E-state index >= 15 is 0 Å². The summed E-state index contributed by atoms with van der Waals surface area (Å²) in [4.78, 5) is 3.27. The molecule has 68 valence electrons.